The van der Waals surface area contributed by atoms with Crippen molar-refractivity contribution in [1.82, 2.24) is 0 Å². The van der Waals surface area contributed by atoms with Gasteiger partial charge in [-0.3, -0.25) is 0 Å². The van der Waals surface area contributed by atoms with E-state index in [1.54, 1.807) is 36.4 Å². The van der Waals surface area contributed by atoms with Gasteiger partial charge in [-0.2, -0.15) is 0 Å². The van der Waals surface area contributed by atoms with Crippen LogP contribution < -0.4 is 0 Å². The van der Waals surface area contributed by atoms with E-state index in [0.29, 0.717) is 53.0 Å². The molecule has 0 bridgehead atoms. The number of nitrogens with zero attached hydrogens (tertiary/aromatic N) is 2. The van der Waals surface area contributed by atoms with E-state index in [1.807, 2.05) is 0 Å². The Bertz CT molecular complexity index is 930. The molecule has 3 nitrogen and oxygen atoms in total. The molecule has 2 aromatic carbocycles. The lowest BCUT2D eigenvalue weighted by atomic mass is 10.3. The number of benzene rings is 2. The summed E-state index contributed by atoms with van der Waals surface area (Å²) in [5.41, 5.74) is 0.795. The number of aliphatic imine (C=N–C) groups is 2. The molecule has 27 heavy (non-hydrogen) atoms. The first-order valence-corrected chi connectivity index (χ1v) is 9.57. The Kier molecular flexibility index (Phi) is 6.74. The van der Waals surface area contributed by atoms with Crippen LogP contribution in [0.25, 0.3) is 0 Å². The van der Waals surface area contributed by atoms with E-state index >= 15 is 0 Å². The fourth-order valence-electron chi connectivity index (χ4n) is 2.08. The van der Waals surface area contributed by atoms with E-state index in [0.717, 1.165) is 0 Å². The van der Waals surface area contributed by atoms with Crippen molar-refractivity contribution in [1.29, 1.82) is 0 Å². The third-order valence-electron chi connectivity index (χ3n) is 3.25. The predicted octanol–water partition coefficient (Wildman–Crippen LogP) is 8.70. The molecule has 0 fully saturated rings. The Hall–Kier alpha value is -1.20. The van der Waals surface area contributed by atoms with Crippen LogP contribution in [-0.4, -0.2) is 12.4 Å². The molecule has 1 heterocycles. The van der Waals surface area contributed by atoms with Gasteiger partial charge >= 0.3 is 0 Å². The van der Waals surface area contributed by atoms with Crippen molar-refractivity contribution < 1.29 is 4.42 Å². The van der Waals surface area contributed by atoms with Crippen molar-refractivity contribution in [2.24, 2.45) is 9.98 Å². The van der Waals surface area contributed by atoms with E-state index in [-0.39, 0.29) is 0 Å². The highest BCUT2D eigenvalue weighted by molar-refractivity contribution is 6.42. The van der Waals surface area contributed by atoms with Crippen LogP contribution in [0.15, 0.2) is 50.8 Å². The molecule has 0 unspecified atom stereocenters. The van der Waals surface area contributed by atoms with Gasteiger partial charge in [0, 0.05) is 10.0 Å². The molecule has 0 aliphatic rings. The molecule has 0 aliphatic heterocycles. The minimum absolute atomic E-state index is 0.337. The van der Waals surface area contributed by atoms with Gasteiger partial charge in [0.25, 0.3) is 0 Å². The second kappa shape index (κ2) is 8.87. The summed E-state index contributed by atoms with van der Waals surface area (Å²) in [5.74, 6) is 0.957. The van der Waals surface area contributed by atoms with Gasteiger partial charge in [0.2, 0.25) is 0 Å². The summed E-state index contributed by atoms with van der Waals surface area (Å²) >= 11 is 36.1. The third kappa shape index (κ3) is 5.20. The molecular weight excluding hydrogens is 473 g/mol. The molecule has 0 amide bonds. The van der Waals surface area contributed by atoms with Crippen LogP contribution in [0.2, 0.25) is 30.1 Å². The fraction of sp³-hybridized carbons (Fsp3) is 0. The highest BCUT2D eigenvalue weighted by Gasteiger charge is 2.08. The smallest absolute Gasteiger partial charge is 0.145 e. The molecule has 0 aliphatic carbocycles. The van der Waals surface area contributed by atoms with Crippen molar-refractivity contribution in [3.63, 3.8) is 0 Å². The first-order valence-electron chi connectivity index (χ1n) is 7.30. The molecule has 0 saturated heterocycles. The van der Waals surface area contributed by atoms with Gasteiger partial charge < -0.3 is 4.42 Å². The average Bonchev–Trinajstić information content (AvgIpc) is 3.00. The van der Waals surface area contributed by atoms with E-state index in [2.05, 4.69) is 9.98 Å². The zero-order valence-electron chi connectivity index (χ0n) is 13.2. The van der Waals surface area contributed by atoms with Crippen LogP contribution in [0, 0.1) is 0 Å². The topological polar surface area (TPSA) is 37.9 Å². The zero-order valence-corrected chi connectivity index (χ0v) is 17.7. The summed E-state index contributed by atoms with van der Waals surface area (Å²) in [6, 6.07) is 9.66. The highest BCUT2D eigenvalue weighted by atomic mass is 35.5. The molecule has 1 aromatic heterocycles. The Balaban J connectivity index is 1.80. The second-order valence-electron chi connectivity index (χ2n) is 5.19. The summed E-state index contributed by atoms with van der Waals surface area (Å²) in [6.07, 6.45) is 2.97. The molecule has 0 saturated carbocycles. The maximum atomic E-state index is 6.10. The van der Waals surface area contributed by atoms with Gasteiger partial charge in [-0.1, -0.05) is 69.6 Å². The maximum Gasteiger partial charge on any atom is 0.145 e. The fourth-order valence-corrected chi connectivity index (χ4v) is 3.91. The number of halogens is 6. The maximum absolute atomic E-state index is 6.10. The van der Waals surface area contributed by atoms with Crippen molar-refractivity contribution in [2.45, 2.75) is 0 Å². The van der Waals surface area contributed by atoms with Crippen LogP contribution >= 0.6 is 69.6 Å². The molecule has 9 heteroatoms. The van der Waals surface area contributed by atoms with Crippen molar-refractivity contribution in [3.05, 3.63) is 78.1 Å². The number of hydrogen-bond acceptors (Lipinski definition) is 3. The third-order valence-corrected chi connectivity index (χ3v) is 4.84. The van der Waals surface area contributed by atoms with Crippen molar-refractivity contribution in [2.75, 3.05) is 0 Å². The first kappa shape index (κ1) is 20.5. The zero-order chi connectivity index (χ0) is 19.6. The molecule has 3 rings (SSSR count). The predicted molar refractivity (Wildman–Crippen MR) is 116 cm³/mol. The first-order chi connectivity index (χ1) is 12.8. The molecule has 138 valence electrons. The Labute approximate surface area is 185 Å². The molecule has 3 aromatic rings. The monoisotopic (exact) mass is 478 g/mol. The molecule has 0 N–H and O–H groups in total. The standard InChI is InChI=1S/C18H8Cl6N2O/c19-9-3-13(21)17(14(22)4-9)25-7-11-1-2-12(27-11)8-26-18-15(23)5-10(20)6-16(18)24/h1-8H. The second-order valence-corrected chi connectivity index (χ2v) is 7.69. The lowest BCUT2D eigenvalue weighted by Gasteiger charge is -2.01. The minimum atomic E-state index is 0.337. The van der Waals surface area contributed by atoms with Crippen LogP contribution in [0.1, 0.15) is 11.5 Å². The molecule has 0 atom stereocenters. The number of furan rings is 1. The van der Waals surface area contributed by atoms with Crippen LogP contribution in [0.3, 0.4) is 0 Å². The average molecular weight is 481 g/mol. The van der Waals surface area contributed by atoms with E-state index in [9.17, 15) is 0 Å². The summed E-state index contributed by atoms with van der Waals surface area (Å²) in [6.45, 7) is 0. The van der Waals surface area contributed by atoms with Crippen LogP contribution in [-0.2, 0) is 0 Å². The van der Waals surface area contributed by atoms with Gasteiger partial charge in [-0.05, 0) is 36.4 Å². The van der Waals surface area contributed by atoms with Crippen molar-refractivity contribution >= 4 is 93.4 Å². The number of hydrogen-bond donors (Lipinski definition) is 0. The lowest BCUT2D eigenvalue weighted by molar-refractivity contribution is 0.553. The van der Waals surface area contributed by atoms with Gasteiger partial charge in [0.05, 0.1) is 32.5 Å². The SMILES string of the molecule is Clc1cc(Cl)c(N=Cc2ccc(C=Nc3c(Cl)cc(Cl)cc3Cl)o2)c(Cl)c1. The molecule has 0 spiro atoms. The molecule has 0 radical (unpaired) electrons. The normalized spacial score (nSPS) is 11.8. The minimum Gasteiger partial charge on any atom is -0.454 e. The largest absolute Gasteiger partial charge is 0.454 e. The van der Waals surface area contributed by atoms with Gasteiger partial charge in [-0.25, -0.2) is 9.98 Å². The summed E-state index contributed by atoms with van der Waals surface area (Å²) in [7, 11) is 0. The Morgan fingerprint density at radius 1 is 0.593 bits per heavy atom. The van der Waals surface area contributed by atoms with Gasteiger partial charge in [0.15, 0.2) is 0 Å². The quantitative estimate of drug-likeness (QED) is 0.344. The van der Waals surface area contributed by atoms with Crippen LogP contribution in [0.5, 0.6) is 0 Å². The van der Waals surface area contributed by atoms with Gasteiger partial charge in [-0.15, -0.1) is 0 Å². The summed E-state index contributed by atoms with van der Waals surface area (Å²) < 4.78 is 5.61. The van der Waals surface area contributed by atoms with Crippen molar-refractivity contribution in [3.8, 4) is 0 Å². The lowest BCUT2D eigenvalue weighted by Crippen LogP contribution is -1.79. The Morgan fingerprint density at radius 3 is 1.26 bits per heavy atom. The number of rotatable bonds is 4. The highest BCUT2D eigenvalue weighted by Crippen LogP contribution is 2.37. The summed E-state index contributed by atoms with van der Waals surface area (Å²) in [4.78, 5) is 8.49. The molecular formula is C18H8Cl6N2O. The van der Waals surface area contributed by atoms with E-state index in [4.69, 9.17) is 74.0 Å². The van der Waals surface area contributed by atoms with Crippen LogP contribution in [0.4, 0.5) is 11.4 Å². The van der Waals surface area contributed by atoms with E-state index in [1.165, 1.54) is 12.4 Å². The Morgan fingerprint density at radius 2 is 0.926 bits per heavy atom. The summed E-state index contributed by atoms with van der Waals surface area (Å²) in [5, 5.41) is 2.21. The van der Waals surface area contributed by atoms with Gasteiger partial charge in [0.1, 0.15) is 22.9 Å². The van der Waals surface area contributed by atoms with E-state index < -0.39 is 0 Å².